The summed E-state index contributed by atoms with van der Waals surface area (Å²) >= 11 is 0. The molecule has 16 heavy (non-hydrogen) atoms. The average Bonchev–Trinajstić information content (AvgIpc) is 2.70. The predicted molar refractivity (Wildman–Crippen MR) is 60.6 cm³/mol. The van der Waals surface area contributed by atoms with E-state index in [0.29, 0.717) is 0 Å². The summed E-state index contributed by atoms with van der Waals surface area (Å²) in [5, 5.41) is 0. The Kier molecular flexibility index (Phi) is 2.86. The van der Waals surface area contributed by atoms with Crippen molar-refractivity contribution in [2.75, 3.05) is 12.0 Å². The van der Waals surface area contributed by atoms with Crippen molar-refractivity contribution in [1.82, 2.24) is 9.66 Å². The summed E-state index contributed by atoms with van der Waals surface area (Å²) < 4.78 is 6.31. The van der Waals surface area contributed by atoms with Gasteiger partial charge in [-0.2, -0.15) is 0 Å². The molecule has 0 saturated heterocycles. The van der Waals surface area contributed by atoms with E-state index in [2.05, 4.69) is 17.0 Å². The average molecular weight is 217 g/mol. The Morgan fingerprint density at radius 3 is 3.19 bits per heavy atom. The van der Waals surface area contributed by atoms with Gasteiger partial charge in [0, 0.05) is 0 Å². The van der Waals surface area contributed by atoms with Gasteiger partial charge in [0.15, 0.2) is 0 Å². The van der Waals surface area contributed by atoms with Crippen LogP contribution in [-0.4, -0.2) is 22.4 Å². The van der Waals surface area contributed by atoms with Crippen LogP contribution in [0.1, 0.15) is 0 Å². The molecule has 1 aromatic heterocycles. The van der Waals surface area contributed by atoms with Crippen LogP contribution in [0.2, 0.25) is 0 Å². The number of benzene rings is 1. The van der Waals surface area contributed by atoms with E-state index >= 15 is 0 Å². The molecular formula is C11H11N3O2. The molecule has 0 spiro atoms. The van der Waals surface area contributed by atoms with Gasteiger partial charge in [0.1, 0.15) is 12.9 Å². The van der Waals surface area contributed by atoms with Crippen molar-refractivity contribution in [3.8, 4) is 0 Å². The molecule has 0 bridgehead atoms. The second-order valence-electron chi connectivity index (χ2n) is 3.10. The van der Waals surface area contributed by atoms with Gasteiger partial charge in [-0.25, -0.2) is 19.9 Å². The zero-order chi connectivity index (χ0) is 11.4. The first-order valence-corrected chi connectivity index (χ1v) is 4.78. The number of fused-ring (bicyclic) bond motifs is 1. The second kappa shape index (κ2) is 4.48. The number of hydrogen-bond acceptors (Lipinski definition) is 3. The summed E-state index contributed by atoms with van der Waals surface area (Å²) in [4.78, 5) is 15.4. The third-order valence-electron chi connectivity index (χ3n) is 2.00. The Bertz CT molecular complexity index is 519. The second-order valence-corrected chi connectivity index (χ2v) is 3.10. The molecular weight excluding hydrogens is 206 g/mol. The summed E-state index contributed by atoms with van der Waals surface area (Å²) in [6, 6.07) is 7.48. The topological polar surface area (TPSA) is 56.1 Å². The molecule has 1 heterocycles. The van der Waals surface area contributed by atoms with Gasteiger partial charge < -0.3 is 4.74 Å². The number of rotatable bonds is 3. The fraction of sp³-hybridized carbons (Fsp3) is 0.0909. The van der Waals surface area contributed by atoms with Crippen LogP contribution in [0.25, 0.3) is 11.0 Å². The summed E-state index contributed by atoms with van der Waals surface area (Å²) in [6.45, 7) is 3.63. The van der Waals surface area contributed by atoms with Crippen molar-refractivity contribution < 1.29 is 9.53 Å². The Hall–Kier alpha value is -2.30. The number of ether oxygens (including phenoxy) is 1. The smallest absolute Gasteiger partial charge is 0.426 e. The normalized spacial score (nSPS) is 10.0. The number of nitrogens with one attached hydrogen (secondary N) is 1. The molecule has 0 unspecified atom stereocenters. The first kappa shape index (κ1) is 10.2. The van der Waals surface area contributed by atoms with Gasteiger partial charge in [0.2, 0.25) is 0 Å². The predicted octanol–water partition coefficient (Wildman–Crippen LogP) is 1.90. The van der Waals surface area contributed by atoms with Crippen molar-refractivity contribution in [1.29, 1.82) is 0 Å². The lowest BCUT2D eigenvalue weighted by atomic mass is 10.3. The Morgan fingerprint density at radius 1 is 1.56 bits per heavy atom. The molecule has 0 radical (unpaired) electrons. The van der Waals surface area contributed by atoms with Crippen LogP contribution in [0, 0.1) is 0 Å². The van der Waals surface area contributed by atoms with Gasteiger partial charge in [-0.3, -0.25) is 0 Å². The monoisotopic (exact) mass is 217 g/mol. The van der Waals surface area contributed by atoms with Crippen molar-refractivity contribution in [3.05, 3.63) is 43.2 Å². The van der Waals surface area contributed by atoms with E-state index in [4.69, 9.17) is 4.74 Å². The standard InChI is InChI=1S/C11H11N3O2/c1-2-7-16-11(15)13-14-8-12-9-5-3-4-6-10(9)14/h2-6,8H,1,7H2,(H,13,15). The lowest BCUT2D eigenvalue weighted by Crippen LogP contribution is -2.22. The molecule has 82 valence electrons. The maximum atomic E-state index is 11.3. The van der Waals surface area contributed by atoms with Gasteiger partial charge in [-0.05, 0) is 12.1 Å². The molecule has 0 fully saturated rings. The van der Waals surface area contributed by atoms with E-state index in [0.717, 1.165) is 11.0 Å². The first-order valence-electron chi connectivity index (χ1n) is 4.78. The molecule has 1 amide bonds. The fourth-order valence-corrected chi connectivity index (χ4v) is 1.31. The zero-order valence-corrected chi connectivity index (χ0v) is 8.59. The highest BCUT2D eigenvalue weighted by Gasteiger charge is 2.05. The van der Waals surface area contributed by atoms with Crippen molar-refractivity contribution in [3.63, 3.8) is 0 Å². The molecule has 5 nitrogen and oxygen atoms in total. The van der Waals surface area contributed by atoms with E-state index in [1.165, 1.54) is 17.1 Å². The van der Waals surface area contributed by atoms with Crippen LogP contribution >= 0.6 is 0 Å². The van der Waals surface area contributed by atoms with E-state index in [-0.39, 0.29) is 6.61 Å². The molecule has 1 aromatic carbocycles. The third-order valence-corrected chi connectivity index (χ3v) is 2.00. The van der Waals surface area contributed by atoms with Crippen LogP contribution in [0.4, 0.5) is 4.79 Å². The molecule has 2 rings (SSSR count). The van der Waals surface area contributed by atoms with Gasteiger partial charge in [0.05, 0.1) is 11.0 Å². The number of aromatic nitrogens is 2. The minimum atomic E-state index is -0.539. The van der Waals surface area contributed by atoms with Gasteiger partial charge in [0.25, 0.3) is 0 Å². The Labute approximate surface area is 92.3 Å². The fourth-order valence-electron chi connectivity index (χ4n) is 1.31. The number of carbonyl (C=O) groups excluding carboxylic acids is 1. The maximum Gasteiger partial charge on any atom is 0.426 e. The molecule has 1 N–H and O–H groups in total. The van der Waals surface area contributed by atoms with Crippen LogP contribution in [0.15, 0.2) is 43.2 Å². The number of amides is 1. The summed E-state index contributed by atoms with van der Waals surface area (Å²) in [7, 11) is 0. The van der Waals surface area contributed by atoms with Crippen LogP contribution in [-0.2, 0) is 4.74 Å². The number of imidazole rings is 1. The number of carbonyl (C=O) groups is 1. The molecule has 5 heteroatoms. The molecule has 0 aliphatic rings. The Morgan fingerprint density at radius 2 is 2.38 bits per heavy atom. The highest BCUT2D eigenvalue weighted by Crippen LogP contribution is 2.09. The first-order chi connectivity index (χ1) is 7.81. The molecule has 0 saturated carbocycles. The van der Waals surface area contributed by atoms with E-state index < -0.39 is 6.09 Å². The van der Waals surface area contributed by atoms with Gasteiger partial charge in [-0.1, -0.05) is 24.8 Å². The summed E-state index contributed by atoms with van der Waals surface area (Å²) in [5.41, 5.74) is 4.17. The van der Waals surface area contributed by atoms with Crippen molar-refractivity contribution >= 4 is 17.1 Å². The summed E-state index contributed by atoms with van der Waals surface area (Å²) in [5.74, 6) is 0. The largest absolute Gasteiger partial charge is 0.444 e. The van der Waals surface area contributed by atoms with Crippen LogP contribution < -0.4 is 5.43 Å². The minimum Gasteiger partial charge on any atom is -0.444 e. The number of hydrogen-bond donors (Lipinski definition) is 1. The van der Waals surface area contributed by atoms with Crippen molar-refractivity contribution in [2.24, 2.45) is 0 Å². The number of para-hydroxylation sites is 2. The van der Waals surface area contributed by atoms with Gasteiger partial charge >= 0.3 is 6.09 Å². The van der Waals surface area contributed by atoms with Crippen molar-refractivity contribution in [2.45, 2.75) is 0 Å². The lowest BCUT2D eigenvalue weighted by molar-refractivity contribution is 0.171. The lowest BCUT2D eigenvalue weighted by Gasteiger charge is -2.06. The quantitative estimate of drug-likeness (QED) is 0.799. The highest BCUT2D eigenvalue weighted by molar-refractivity contribution is 5.81. The van der Waals surface area contributed by atoms with Crippen LogP contribution in [0.3, 0.4) is 0 Å². The van der Waals surface area contributed by atoms with E-state index in [1.54, 1.807) is 0 Å². The van der Waals surface area contributed by atoms with E-state index in [9.17, 15) is 4.79 Å². The van der Waals surface area contributed by atoms with Gasteiger partial charge in [-0.15, -0.1) is 0 Å². The minimum absolute atomic E-state index is 0.179. The third kappa shape index (κ3) is 2.03. The molecule has 0 aliphatic carbocycles. The summed E-state index contributed by atoms with van der Waals surface area (Å²) in [6.07, 6.45) is 2.49. The zero-order valence-electron chi connectivity index (χ0n) is 8.59. The molecule has 2 aromatic rings. The Balaban J connectivity index is 2.15. The highest BCUT2D eigenvalue weighted by atomic mass is 16.6. The number of nitrogens with zero attached hydrogens (tertiary/aromatic N) is 2. The molecule has 0 atom stereocenters. The molecule has 0 aliphatic heterocycles. The SMILES string of the molecule is C=CCOC(=O)Nn1cnc2ccccc21. The maximum absolute atomic E-state index is 11.3. The van der Waals surface area contributed by atoms with Crippen LogP contribution in [0.5, 0.6) is 0 Å². The van der Waals surface area contributed by atoms with E-state index in [1.807, 2.05) is 24.3 Å².